The van der Waals surface area contributed by atoms with Gasteiger partial charge in [0.15, 0.2) is 5.69 Å². The highest BCUT2D eigenvalue weighted by Gasteiger charge is 2.38. The Balaban J connectivity index is 1.48. The van der Waals surface area contributed by atoms with E-state index in [0.717, 1.165) is 33.1 Å². The van der Waals surface area contributed by atoms with Crippen molar-refractivity contribution in [2.75, 3.05) is 11.9 Å². The number of aryl methyl sites for hydroxylation is 1. The maximum atomic E-state index is 13.3. The van der Waals surface area contributed by atoms with Crippen LogP contribution in [0.3, 0.4) is 0 Å². The van der Waals surface area contributed by atoms with Crippen molar-refractivity contribution >= 4 is 17.7 Å². The van der Waals surface area contributed by atoms with Gasteiger partial charge in [0, 0.05) is 12.1 Å². The van der Waals surface area contributed by atoms with Crippen molar-refractivity contribution < 1.29 is 32.6 Å². The van der Waals surface area contributed by atoms with Crippen molar-refractivity contribution in [1.29, 1.82) is 0 Å². The molecule has 0 atom stereocenters. The Morgan fingerprint density at radius 1 is 1.06 bits per heavy atom. The number of carboxylic acids is 1. The maximum absolute atomic E-state index is 13.3. The molecule has 0 radical (unpaired) electrons. The van der Waals surface area contributed by atoms with Gasteiger partial charge < -0.3 is 9.84 Å². The van der Waals surface area contributed by atoms with Gasteiger partial charge in [-0.25, -0.2) is 4.79 Å². The molecule has 0 spiro atoms. The van der Waals surface area contributed by atoms with Crippen LogP contribution in [0.15, 0.2) is 54.7 Å². The van der Waals surface area contributed by atoms with Crippen molar-refractivity contribution in [2.45, 2.75) is 25.1 Å². The first kappa shape index (κ1) is 21.4. The van der Waals surface area contributed by atoms with Crippen molar-refractivity contribution in [3.8, 4) is 11.1 Å². The number of ether oxygens (including phenoxy) is 1. The first-order valence-corrected chi connectivity index (χ1v) is 9.72. The van der Waals surface area contributed by atoms with E-state index in [1.165, 1.54) is 0 Å². The van der Waals surface area contributed by atoms with Crippen molar-refractivity contribution in [1.82, 2.24) is 9.78 Å². The Kier molecular flexibility index (Phi) is 5.60. The minimum Gasteiger partial charge on any atom is -0.481 e. The number of fused-ring (bicyclic) bond motifs is 3. The quantitative estimate of drug-likeness (QED) is 0.572. The van der Waals surface area contributed by atoms with E-state index in [-0.39, 0.29) is 19.1 Å². The Hall–Kier alpha value is -3.82. The summed E-state index contributed by atoms with van der Waals surface area (Å²) in [5.41, 5.74) is 2.07. The molecular formula is C22H18F3N3O4. The summed E-state index contributed by atoms with van der Waals surface area (Å²) < 4.78 is 46.0. The number of nitrogens with zero attached hydrogens (tertiary/aromatic N) is 2. The molecule has 0 saturated heterocycles. The molecule has 1 aliphatic carbocycles. The third-order valence-electron chi connectivity index (χ3n) is 5.17. The fourth-order valence-electron chi connectivity index (χ4n) is 3.79. The molecule has 2 aromatic carbocycles. The van der Waals surface area contributed by atoms with Crippen molar-refractivity contribution in [3.05, 3.63) is 71.5 Å². The summed E-state index contributed by atoms with van der Waals surface area (Å²) in [5, 5.41) is 14.2. The number of carboxylic acid groups (broad SMARTS) is 1. The number of carbonyl (C=O) groups is 2. The third kappa shape index (κ3) is 4.29. The highest BCUT2D eigenvalue weighted by Crippen LogP contribution is 2.44. The Bertz CT molecular complexity index is 1130. The Morgan fingerprint density at radius 3 is 2.22 bits per heavy atom. The lowest BCUT2D eigenvalue weighted by Gasteiger charge is -2.14. The molecule has 1 amide bonds. The van der Waals surface area contributed by atoms with Gasteiger partial charge in [-0.15, -0.1) is 0 Å². The molecule has 0 aliphatic heterocycles. The van der Waals surface area contributed by atoms with Crippen LogP contribution in [-0.2, 0) is 22.3 Å². The van der Waals surface area contributed by atoms with Gasteiger partial charge >= 0.3 is 18.2 Å². The van der Waals surface area contributed by atoms with Gasteiger partial charge in [0.2, 0.25) is 0 Å². The van der Waals surface area contributed by atoms with E-state index >= 15 is 0 Å². The average Bonchev–Trinajstić information content (AvgIpc) is 3.30. The first-order chi connectivity index (χ1) is 15.2. The monoisotopic (exact) mass is 445 g/mol. The third-order valence-corrected chi connectivity index (χ3v) is 5.17. The van der Waals surface area contributed by atoms with E-state index in [4.69, 9.17) is 9.84 Å². The zero-order valence-electron chi connectivity index (χ0n) is 16.6. The van der Waals surface area contributed by atoms with Crippen LogP contribution >= 0.6 is 0 Å². The van der Waals surface area contributed by atoms with Crippen molar-refractivity contribution in [2.24, 2.45) is 0 Å². The molecule has 1 aromatic heterocycles. The number of carbonyl (C=O) groups excluding carboxylic acids is 1. The molecule has 0 saturated carbocycles. The van der Waals surface area contributed by atoms with E-state index < -0.39 is 36.0 Å². The van der Waals surface area contributed by atoms with Crippen LogP contribution < -0.4 is 5.32 Å². The summed E-state index contributed by atoms with van der Waals surface area (Å²) in [4.78, 5) is 23.0. The standard InChI is InChI=1S/C22H18F3N3O4/c23-22(24,25)20-18(11-28(27-20)10-9-19(29)30)26-21(31)32-12-17-15-7-3-1-5-13(15)14-6-2-4-8-16(14)17/h1-8,11,17H,9-10,12H2,(H,26,31)(H,29,30). The smallest absolute Gasteiger partial charge is 0.437 e. The fraction of sp³-hybridized carbons (Fsp3) is 0.227. The minimum atomic E-state index is -4.83. The van der Waals surface area contributed by atoms with Crippen molar-refractivity contribution in [3.63, 3.8) is 0 Å². The van der Waals surface area contributed by atoms with Gasteiger partial charge in [0.05, 0.1) is 18.7 Å². The van der Waals surface area contributed by atoms with E-state index in [0.29, 0.717) is 0 Å². The molecule has 7 nitrogen and oxygen atoms in total. The predicted octanol–water partition coefficient (Wildman–Crippen LogP) is 4.74. The number of anilines is 1. The van der Waals surface area contributed by atoms with Gasteiger partial charge in [-0.1, -0.05) is 48.5 Å². The van der Waals surface area contributed by atoms with E-state index in [1.807, 2.05) is 48.5 Å². The number of halogens is 3. The highest BCUT2D eigenvalue weighted by atomic mass is 19.4. The second-order valence-electron chi connectivity index (χ2n) is 7.25. The number of rotatable bonds is 6. The number of amides is 1. The molecule has 32 heavy (non-hydrogen) atoms. The van der Waals surface area contributed by atoms with Crippen LogP contribution in [-0.4, -0.2) is 33.6 Å². The second-order valence-corrected chi connectivity index (χ2v) is 7.25. The largest absolute Gasteiger partial charge is 0.481 e. The number of hydrogen-bond donors (Lipinski definition) is 2. The zero-order valence-corrected chi connectivity index (χ0v) is 16.6. The Morgan fingerprint density at radius 2 is 1.66 bits per heavy atom. The van der Waals surface area contributed by atoms with Crippen LogP contribution in [0, 0.1) is 0 Å². The van der Waals surface area contributed by atoms with Crippen LogP contribution in [0.25, 0.3) is 11.1 Å². The fourth-order valence-corrected chi connectivity index (χ4v) is 3.79. The number of hydrogen-bond acceptors (Lipinski definition) is 4. The molecule has 10 heteroatoms. The predicted molar refractivity (Wildman–Crippen MR) is 108 cm³/mol. The van der Waals surface area contributed by atoms with E-state index in [1.54, 1.807) is 0 Å². The minimum absolute atomic E-state index is 0.0611. The molecule has 0 bridgehead atoms. The van der Waals surface area contributed by atoms with Gasteiger partial charge in [-0.2, -0.15) is 18.3 Å². The lowest BCUT2D eigenvalue weighted by molar-refractivity contribution is -0.140. The van der Waals surface area contributed by atoms with Crippen LogP contribution in [0.1, 0.15) is 29.2 Å². The van der Waals surface area contributed by atoms with Gasteiger partial charge in [0.25, 0.3) is 0 Å². The van der Waals surface area contributed by atoms with Crippen LogP contribution in [0.2, 0.25) is 0 Å². The summed E-state index contributed by atoms with van der Waals surface area (Å²) >= 11 is 0. The SMILES string of the molecule is O=C(O)CCn1cc(NC(=O)OCC2c3ccccc3-c3ccccc32)c(C(F)(F)F)n1. The lowest BCUT2D eigenvalue weighted by Crippen LogP contribution is -2.19. The van der Waals surface area contributed by atoms with Crippen LogP contribution in [0.4, 0.5) is 23.7 Å². The lowest BCUT2D eigenvalue weighted by atomic mass is 9.98. The number of benzene rings is 2. The molecule has 4 rings (SSSR count). The molecular weight excluding hydrogens is 427 g/mol. The number of alkyl halides is 3. The van der Waals surface area contributed by atoms with Gasteiger partial charge in [-0.05, 0) is 22.3 Å². The average molecular weight is 445 g/mol. The van der Waals surface area contributed by atoms with Gasteiger partial charge in [-0.3, -0.25) is 14.8 Å². The normalized spacial score (nSPS) is 12.8. The highest BCUT2D eigenvalue weighted by molar-refractivity contribution is 5.85. The molecule has 0 fully saturated rings. The second kappa shape index (κ2) is 8.37. The van der Waals surface area contributed by atoms with Gasteiger partial charge in [0.1, 0.15) is 6.61 Å². The summed E-state index contributed by atoms with van der Waals surface area (Å²) in [6.07, 6.45) is -5.37. The summed E-state index contributed by atoms with van der Waals surface area (Å²) in [5.74, 6) is -1.42. The zero-order chi connectivity index (χ0) is 22.9. The summed E-state index contributed by atoms with van der Waals surface area (Å²) in [7, 11) is 0. The Labute approximate surface area is 180 Å². The maximum Gasteiger partial charge on any atom is 0.437 e. The molecule has 0 unspecified atom stereocenters. The summed E-state index contributed by atoms with van der Waals surface area (Å²) in [6, 6.07) is 15.4. The molecule has 2 N–H and O–H groups in total. The molecule has 166 valence electrons. The molecule has 1 aliphatic rings. The number of aromatic nitrogens is 2. The summed E-state index contributed by atoms with van der Waals surface area (Å²) in [6.45, 7) is -0.334. The molecule has 1 heterocycles. The van der Waals surface area contributed by atoms with E-state index in [9.17, 15) is 22.8 Å². The first-order valence-electron chi connectivity index (χ1n) is 9.72. The van der Waals surface area contributed by atoms with Crippen LogP contribution in [0.5, 0.6) is 0 Å². The number of aliphatic carboxylic acids is 1. The number of nitrogens with one attached hydrogen (secondary N) is 1. The topological polar surface area (TPSA) is 93.5 Å². The van der Waals surface area contributed by atoms with E-state index in [2.05, 4.69) is 10.4 Å². The molecule has 3 aromatic rings.